The summed E-state index contributed by atoms with van der Waals surface area (Å²) in [4.78, 5) is 12.2. The van der Waals surface area contributed by atoms with E-state index in [1.165, 1.54) is 35.7 Å². The molecule has 0 N–H and O–H groups in total. The monoisotopic (exact) mass is 296 g/mol. The van der Waals surface area contributed by atoms with E-state index in [-0.39, 0.29) is 17.9 Å². The average molecular weight is 296 g/mol. The minimum absolute atomic E-state index is 0.187. The molecule has 0 radical (unpaired) electrons. The fraction of sp³-hybridized carbons (Fsp3) is 0.214. The van der Waals surface area contributed by atoms with E-state index < -0.39 is 0 Å². The van der Waals surface area contributed by atoms with Crippen molar-refractivity contribution in [1.82, 2.24) is 0 Å². The zero-order chi connectivity index (χ0) is 13.8. The van der Waals surface area contributed by atoms with Gasteiger partial charge in [-0.25, -0.2) is 9.18 Å². The topological polar surface area (TPSA) is 26.3 Å². The Bertz CT molecular complexity index is 523. The lowest BCUT2D eigenvalue weighted by molar-refractivity contribution is -0.140. The second kappa shape index (κ2) is 6.30. The number of halogens is 1. The Morgan fingerprint density at radius 2 is 1.74 bits per heavy atom. The molecule has 1 heterocycles. The molecule has 0 fully saturated rings. The van der Waals surface area contributed by atoms with E-state index in [2.05, 4.69) is 0 Å². The number of carbonyl (C=O) groups is 1. The lowest BCUT2D eigenvalue weighted by atomic mass is 10.1. The molecule has 1 aliphatic heterocycles. The molecule has 19 heavy (non-hydrogen) atoms. The molecule has 0 amide bonds. The first-order valence-corrected chi connectivity index (χ1v) is 7.53. The van der Waals surface area contributed by atoms with E-state index in [0.29, 0.717) is 11.1 Å². The molecule has 0 saturated carbocycles. The average Bonchev–Trinajstić information content (AvgIpc) is 2.84. The molecule has 1 aromatic carbocycles. The van der Waals surface area contributed by atoms with E-state index in [9.17, 15) is 9.18 Å². The van der Waals surface area contributed by atoms with Crippen molar-refractivity contribution in [2.75, 3.05) is 0 Å². The zero-order valence-electron chi connectivity index (χ0n) is 10.6. The van der Waals surface area contributed by atoms with Crippen LogP contribution in [0.1, 0.15) is 19.4 Å². The van der Waals surface area contributed by atoms with Gasteiger partial charge in [0.25, 0.3) is 0 Å². The quantitative estimate of drug-likeness (QED) is 0.610. The molecule has 2 nitrogen and oxygen atoms in total. The smallest absolute Gasteiger partial charge is 0.340 e. The van der Waals surface area contributed by atoms with Crippen molar-refractivity contribution < 1.29 is 13.9 Å². The maximum Gasteiger partial charge on any atom is 0.340 e. The number of ether oxygens (including phenoxy) is 1. The summed E-state index contributed by atoms with van der Waals surface area (Å²) >= 11 is 2.94. The van der Waals surface area contributed by atoms with Gasteiger partial charge in [0.15, 0.2) is 0 Å². The molecule has 0 unspecified atom stereocenters. The minimum Gasteiger partial charge on any atom is -0.459 e. The predicted molar refractivity (Wildman–Crippen MR) is 78.9 cm³/mol. The van der Waals surface area contributed by atoms with Crippen LogP contribution in [-0.2, 0) is 9.53 Å². The Balaban J connectivity index is 2.38. The number of thioether (sulfide) groups is 2. The van der Waals surface area contributed by atoms with Gasteiger partial charge in [0, 0.05) is 0 Å². The van der Waals surface area contributed by atoms with Crippen molar-refractivity contribution in [2.24, 2.45) is 0 Å². The summed E-state index contributed by atoms with van der Waals surface area (Å²) < 4.78 is 19.1. The first-order chi connectivity index (χ1) is 9.08. The fourth-order valence-electron chi connectivity index (χ4n) is 1.53. The van der Waals surface area contributed by atoms with Crippen LogP contribution in [0.3, 0.4) is 0 Å². The summed E-state index contributed by atoms with van der Waals surface area (Å²) in [5.74, 6) is -0.699. The van der Waals surface area contributed by atoms with Crippen LogP contribution < -0.4 is 0 Å². The Morgan fingerprint density at radius 3 is 2.26 bits per heavy atom. The van der Waals surface area contributed by atoms with Crippen molar-refractivity contribution in [3.8, 4) is 0 Å². The minimum atomic E-state index is -0.375. The van der Waals surface area contributed by atoms with Gasteiger partial charge < -0.3 is 4.74 Å². The van der Waals surface area contributed by atoms with Crippen LogP contribution in [0.15, 0.2) is 39.3 Å². The van der Waals surface area contributed by atoms with Crippen LogP contribution in [-0.4, -0.2) is 12.1 Å². The van der Waals surface area contributed by atoms with Crippen LogP contribution in [0.4, 0.5) is 4.39 Å². The molecule has 0 aliphatic carbocycles. The Hall–Kier alpha value is -1.20. The van der Waals surface area contributed by atoms with Gasteiger partial charge in [-0.2, -0.15) is 0 Å². The van der Waals surface area contributed by atoms with Crippen LogP contribution >= 0.6 is 23.5 Å². The van der Waals surface area contributed by atoms with E-state index in [4.69, 9.17) is 4.74 Å². The van der Waals surface area contributed by atoms with Gasteiger partial charge in [-0.3, -0.25) is 0 Å². The first-order valence-electron chi connectivity index (χ1n) is 5.77. The maximum atomic E-state index is 13.0. The fourth-order valence-corrected chi connectivity index (χ4v) is 3.42. The van der Waals surface area contributed by atoms with E-state index >= 15 is 0 Å². The van der Waals surface area contributed by atoms with Gasteiger partial charge >= 0.3 is 5.97 Å². The van der Waals surface area contributed by atoms with Gasteiger partial charge in [-0.1, -0.05) is 35.7 Å². The number of hydrogen-bond donors (Lipinski definition) is 0. The highest BCUT2D eigenvalue weighted by Crippen LogP contribution is 2.43. The van der Waals surface area contributed by atoms with Crippen molar-refractivity contribution >= 4 is 35.1 Å². The highest BCUT2D eigenvalue weighted by Gasteiger charge is 2.22. The van der Waals surface area contributed by atoms with Crippen molar-refractivity contribution in [2.45, 2.75) is 20.0 Å². The standard InChI is InChI=1S/C14H13FO2S2/c1-9(2)17-13(16)12(14-18-7-8-19-14)10-3-5-11(15)6-4-10/h3-9H,1-2H3. The number of benzene rings is 1. The van der Waals surface area contributed by atoms with Gasteiger partial charge in [0.1, 0.15) is 5.82 Å². The summed E-state index contributed by atoms with van der Waals surface area (Å²) in [6.45, 7) is 3.61. The van der Waals surface area contributed by atoms with Crippen LogP contribution in [0.25, 0.3) is 5.57 Å². The largest absolute Gasteiger partial charge is 0.459 e. The van der Waals surface area contributed by atoms with Crippen molar-refractivity contribution in [1.29, 1.82) is 0 Å². The van der Waals surface area contributed by atoms with Gasteiger partial charge in [-0.15, -0.1) is 0 Å². The van der Waals surface area contributed by atoms with Crippen molar-refractivity contribution in [3.63, 3.8) is 0 Å². The predicted octanol–water partition coefficient (Wildman–Crippen LogP) is 4.40. The lowest BCUT2D eigenvalue weighted by Gasteiger charge is -2.13. The number of hydrogen-bond acceptors (Lipinski definition) is 4. The Labute approximate surface area is 120 Å². The summed E-state index contributed by atoms with van der Waals surface area (Å²) in [5.41, 5.74) is 1.17. The lowest BCUT2D eigenvalue weighted by Crippen LogP contribution is -2.13. The van der Waals surface area contributed by atoms with Crippen LogP contribution in [0.5, 0.6) is 0 Å². The molecule has 2 rings (SSSR count). The summed E-state index contributed by atoms with van der Waals surface area (Å²) in [6.07, 6.45) is -0.187. The normalized spacial score (nSPS) is 14.0. The van der Waals surface area contributed by atoms with Gasteiger partial charge in [0.2, 0.25) is 0 Å². The second-order valence-corrected chi connectivity index (χ2v) is 6.22. The Kier molecular flexibility index (Phi) is 4.71. The summed E-state index contributed by atoms with van der Waals surface area (Å²) in [6, 6.07) is 5.88. The Morgan fingerprint density at radius 1 is 1.16 bits per heavy atom. The molecule has 100 valence electrons. The maximum absolute atomic E-state index is 13.0. The molecule has 0 spiro atoms. The van der Waals surface area contributed by atoms with Crippen molar-refractivity contribution in [3.05, 3.63) is 50.7 Å². The van der Waals surface area contributed by atoms with E-state index in [0.717, 1.165) is 4.24 Å². The number of esters is 1. The molecule has 0 atom stereocenters. The third-order valence-electron chi connectivity index (χ3n) is 2.29. The second-order valence-electron chi connectivity index (χ2n) is 4.13. The van der Waals surface area contributed by atoms with E-state index in [1.54, 1.807) is 26.0 Å². The molecular weight excluding hydrogens is 283 g/mol. The molecule has 1 aliphatic rings. The SMILES string of the molecule is CC(C)OC(=O)C(=C1SC=CS1)c1ccc(F)cc1. The molecule has 5 heteroatoms. The van der Waals surface area contributed by atoms with Gasteiger partial charge in [0.05, 0.1) is 15.9 Å². The van der Waals surface area contributed by atoms with Gasteiger partial charge in [-0.05, 0) is 42.4 Å². The molecule has 0 saturated heterocycles. The first kappa shape index (κ1) is 14.2. The third kappa shape index (κ3) is 3.64. The molecule has 0 aromatic heterocycles. The number of rotatable bonds is 3. The van der Waals surface area contributed by atoms with Crippen LogP contribution in [0, 0.1) is 5.82 Å². The highest BCUT2D eigenvalue weighted by molar-refractivity contribution is 8.27. The molecular formula is C14H13FO2S2. The highest BCUT2D eigenvalue weighted by atomic mass is 32.2. The zero-order valence-corrected chi connectivity index (χ0v) is 12.2. The molecule has 0 bridgehead atoms. The summed E-state index contributed by atoms with van der Waals surface area (Å²) in [5, 5.41) is 3.82. The third-order valence-corrected chi connectivity index (χ3v) is 4.42. The summed E-state index contributed by atoms with van der Waals surface area (Å²) in [7, 11) is 0. The molecule has 1 aromatic rings. The number of carbonyl (C=O) groups excluding carboxylic acids is 1. The van der Waals surface area contributed by atoms with Crippen LogP contribution in [0.2, 0.25) is 0 Å². The van der Waals surface area contributed by atoms with E-state index in [1.807, 2.05) is 10.8 Å².